The lowest BCUT2D eigenvalue weighted by Gasteiger charge is -2.24. The third-order valence-corrected chi connectivity index (χ3v) is 7.79. The van der Waals surface area contributed by atoms with Crippen LogP contribution < -0.4 is 25.4 Å². The molecule has 3 amide bonds. The number of benzene rings is 4. The van der Waals surface area contributed by atoms with E-state index in [9.17, 15) is 14.4 Å². The fourth-order valence-electron chi connectivity index (χ4n) is 4.26. The first-order valence-corrected chi connectivity index (χ1v) is 14.1. The maximum atomic E-state index is 14.2. The molecule has 0 aliphatic carbocycles. The second kappa shape index (κ2) is 14.5. The van der Waals surface area contributed by atoms with Gasteiger partial charge in [-0.2, -0.15) is 0 Å². The highest BCUT2D eigenvalue weighted by Crippen LogP contribution is 2.46. The summed E-state index contributed by atoms with van der Waals surface area (Å²) in [7, 11) is -6.22. The summed E-state index contributed by atoms with van der Waals surface area (Å²) in [6.07, 6.45) is -3.96. The minimum atomic E-state index is -3.28. The molecule has 1 heterocycles. The maximum absolute atomic E-state index is 14.2. The van der Waals surface area contributed by atoms with Gasteiger partial charge in [-0.25, -0.2) is 0 Å². The predicted molar refractivity (Wildman–Crippen MR) is 176 cm³/mol. The summed E-state index contributed by atoms with van der Waals surface area (Å²) in [5, 5.41) is -0.815. The van der Waals surface area contributed by atoms with Gasteiger partial charge in [-0.3, -0.25) is 19.3 Å². The number of methoxy groups -OCH3 is 2. The molecule has 1 aliphatic heterocycles. The number of ether oxygens (including phenoxy) is 2. The van der Waals surface area contributed by atoms with E-state index in [-0.39, 0.29) is 22.4 Å². The zero-order valence-corrected chi connectivity index (χ0v) is 24.1. The van der Waals surface area contributed by atoms with Crippen molar-refractivity contribution in [3.8, 4) is 23.3 Å². The first-order valence-electron chi connectivity index (χ1n) is 20.2. The van der Waals surface area contributed by atoms with Crippen LogP contribution in [0.3, 0.4) is 0 Å². The molecule has 0 aromatic heterocycles. The Bertz CT molecular complexity index is 2340. The number of anilines is 1. The highest BCUT2D eigenvalue weighted by Gasteiger charge is 2.42. The average molecular weight is 634 g/mol. The fourth-order valence-corrected chi connectivity index (χ4v) is 5.65. The molecule has 228 valence electrons. The van der Waals surface area contributed by atoms with Crippen LogP contribution in [0.25, 0.3) is 0 Å². The van der Waals surface area contributed by atoms with Gasteiger partial charge < -0.3 is 20.5 Å². The molecule has 0 unspecified atom stereocenters. The number of carbonyl (C=O) groups is 3. The average Bonchev–Trinajstić information content (AvgIpc) is 3.44. The number of nitrogens with zero attached hydrogens (tertiary/aromatic N) is 1. The summed E-state index contributed by atoms with van der Waals surface area (Å²) in [4.78, 5) is 40.9. The van der Waals surface area contributed by atoms with Crippen molar-refractivity contribution in [3.05, 3.63) is 125 Å². The molecular formula is C36H33N3O5S. The van der Waals surface area contributed by atoms with E-state index in [0.29, 0.717) is 11.6 Å². The molecule has 0 radical (unpaired) electrons. The van der Waals surface area contributed by atoms with Crippen molar-refractivity contribution < 1.29 is 43.0 Å². The van der Waals surface area contributed by atoms with E-state index in [1.54, 1.807) is 30.3 Å². The molecule has 0 spiro atoms. The number of amides is 3. The molecule has 45 heavy (non-hydrogen) atoms. The monoisotopic (exact) mass is 633 g/mol. The summed E-state index contributed by atoms with van der Waals surface area (Å²) in [6, 6.07) is 14.5. The molecule has 0 saturated carbocycles. The number of nitrogens with one attached hydrogen (secondary N) is 1. The van der Waals surface area contributed by atoms with Gasteiger partial charge in [0.1, 0.15) is 5.37 Å². The van der Waals surface area contributed by atoms with Crippen LogP contribution in [-0.4, -0.2) is 43.5 Å². The number of thioether (sulfide) groups is 1. The zero-order valence-electron chi connectivity index (χ0n) is 37.3. The van der Waals surface area contributed by atoms with Crippen LogP contribution in [0.1, 0.15) is 63.6 Å². The third kappa shape index (κ3) is 7.66. The highest BCUT2D eigenvalue weighted by atomic mass is 32.2. The molecule has 4 aromatic rings. The number of hydrogen-bond donors (Lipinski definition) is 2. The summed E-state index contributed by atoms with van der Waals surface area (Å²) >= 11 is 0.733. The van der Waals surface area contributed by atoms with Gasteiger partial charge in [0.05, 0.1) is 33.0 Å². The van der Waals surface area contributed by atoms with Crippen molar-refractivity contribution in [3.63, 3.8) is 0 Å². The van der Waals surface area contributed by atoms with E-state index in [1.807, 2.05) is 5.32 Å². The van der Waals surface area contributed by atoms with E-state index in [2.05, 4.69) is 11.8 Å². The smallest absolute Gasteiger partial charge is 0.248 e. The Kier molecular flexibility index (Phi) is 5.79. The Hall–Kier alpha value is -5.20. The Morgan fingerprint density at radius 1 is 0.978 bits per heavy atom. The number of nitrogens with two attached hydrogens (primary N) is 1. The summed E-state index contributed by atoms with van der Waals surface area (Å²) in [5.74, 6) is 1.27. The maximum Gasteiger partial charge on any atom is 0.248 e. The topological polar surface area (TPSA) is 111 Å². The Morgan fingerprint density at radius 2 is 1.73 bits per heavy atom. The number of aryl methyl sites for hydroxylation is 1. The predicted octanol–water partition coefficient (Wildman–Crippen LogP) is 5.10. The van der Waals surface area contributed by atoms with Crippen LogP contribution in [-0.2, 0) is 16.0 Å². The van der Waals surface area contributed by atoms with Gasteiger partial charge in [0.15, 0.2) is 11.5 Å². The van der Waals surface area contributed by atoms with Crippen LogP contribution in [0.5, 0.6) is 11.5 Å². The molecule has 3 N–H and O–H groups in total. The molecule has 2 atom stereocenters. The zero-order chi connectivity index (χ0) is 43.8. The van der Waals surface area contributed by atoms with Crippen molar-refractivity contribution in [2.24, 2.45) is 5.73 Å². The van der Waals surface area contributed by atoms with Gasteiger partial charge in [0.25, 0.3) is 0 Å². The largest absolute Gasteiger partial charge is 0.493 e. The molecule has 0 bridgehead atoms. The summed E-state index contributed by atoms with van der Waals surface area (Å²) in [5.41, 5.74) is 4.99. The number of carbonyl (C=O) groups excluding carboxylic acids is 3. The van der Waals surface area contributed by atoms with Crippen LogP contribution >= 0.6 is 11.8 Å². The molecule has 8 nitrogen and oxygen atoms in total. The van der Waals surface area contributed by atoms with Crippen molar-refractivity contribution in [2.45, 2.75) is 23.4 Å². The lowest BCUT2D eigenvalue weighted by atomic mass is 10.1. The molecule has 4 aromatic carbocycles. The lowest BCUT2D eigenvalue weighted by Crippen LogP contribution is -2.34. The first-order chi connectivity index (χ1) is 27.3. The van der Waals surface area contributed by atoms with E-state index in [1.165, 1.54) is 24.3 Å². The van der Waals surface area contributed by atoms with E-state index in [0.717, 1.165) is 28.8 Å². The number of primary amides is 1. The fraction of sp³-hybridized carbons (Fsp3) is 0.194. The van der Waals surface area contributed by atoms with Crippen LogP contribution in [0.4, 0.5) is 5.69 Å². The molecule has 9 heteroatoms. The van der Waals surface area contributed by atoms with Crippen molar-refractivity contribution in [1.29, 1.82) is 0 Å². The second-order valence-corrected chi connectivity index (χ2v) is 10.7. The number of hydrogen-bond acceptors (Lipinski definition) is 6. The molecule has 1 fully saturated rings. The van der Waals surface area contributed by atoms with Gasteiger partial charge in [-0.15, -0.1) is 11.8 Å². The van der Waals surface area contributed by atoms with Gasteiger partial charge in [-0.1, -0.05) is 54.3 Å². The van der Waals surface area contributed by atoms with E-state index in [4.69, 9.17) is 34.4 Å². The van der Waals surface area contributed by atoms with E-state index >= 15 is 0 Å². The summed E-state index contributed by atoms with van der Waals surface area (Å²) in [6.45, 7) is -3.28. The van der Waals surface area contributed by atoms with Crippen molar-refractivity contribution in [2.75, 3.05) is 25.5 Å². The molecule has 1 saturated heterocycles. The number of rotatable bonds is 10. The Labute approximate surface area is 286 Å². The van der Waals surface area contributed by atoms with Gasteiger partial charge >= 0.3 is 0 Å². The highest BCUT2D eigenvalue weighted by molar-refractivity contribution is 8.01. The first kappa shape index (κ1) is 17.9. The van der Waals surface area contributed by atoms with Crippen molar-refractivity contribution in [1.82, 2.24) is 5.32 Å². The minimum Gasteiger partial charge on any atom is -0.493 e. The van der Waals surface area contributed by atoms with E-state index < -0.39 is 103 Å². The minimum absolute atomic E-state index is 0.0211. The quantitative estimate of drug-likeness (QED) is 0.235. The van der Waals surface area contributed by atoms with Gasteiger partial charge in [0, 0.05) is 40.8 Å². The second-order valence-electron chi connectivity index (χ2n) is 9.37. The lowest BCUT2D eigenvalue weighted by molar-refractivity contribution is -0.124. The normalized spacial score (nSPS) is 21.3. The standard InChI is InChI=1S/C36H33N3O5S/c1-43-30-18-15-26(21-31(30)44-2)19-20-38-33(40)23-32-35(42)39(29-10-6-9-28(22-29)34(37)41)36(45-32)27-16-13-25(14-17-27)12-11-24-7-4-3-5-8-24/h3-10,13-18,21-22,32,36H,19-20,23H2,1-2H3,(H2,37,41)(H,38,40)/t32-,36+/m1/s1/i1D3,2D3,13D,14D,16D,17D,19D2,20D2. The van der Waals surface area contributed by atoms with Crippen LogP contribution in [0.15, 0.2) is 97.0 Å². The molecule has 5 rings (SSSR count). The summed E-state index contributed by atoms with van der Waals surface area (Å²) < 4.78 is 123. The Morgan fingerprint density at radius 3 is 2.49 bits per heavy atom. The molecule has 1 aliphatic rings. The Balaban J connectivity index is 1.48. The van der Waals surface area contributed by atoms with Crippen LogP contribution in [0, 0.1) is 11.8 Å². The molecular weight excluding hydrogens is 586 g/mol. The SMILES string of the molecule is [2H]c1c([2H])c([C@@H]2S[C@H](CC(=O)NC([2H])([2H])C([2H])([2H])c3ccc(OC([2H])([2H])[2H])c(OC([2H])([2H])[2H])c3)C(=O)N2c2cccc(C(N)=O)c2)c([2H])c([2H])c1C#Cc1ccccc1. The third-order valence-electron chi connectivity index (χ3n) is 6.39. The van der Waals surface area contributed by atoms with Crippen molar-refractivity contribution >= 4 is 35.2 Å². The van der Waals surface area contributed by atoms with Gasteiger partial charge in [0.2, 0.25) is 17.7 Å². The van der Waals surface area contributed by atoms with Gasteiger partial charge in [-0.05, 0) is 72.0 Å². The van der Waals surface area contributed by atoms with Crippen LogP contribution in [0.2, 0.25) is 0 Å².